The molecule has 3 atom stereocenters. The van der Waals surface area contributed by atoms with E-state index in [0.717, 1.165) is 17.8 Å². The monoisotopic (exact) mass is 491 g/mol. The summed E-state index contributed by atoms with van der Waals surface area (Å²) in [7, 11) is 1.37. The number of alkyl halides is 1. The van der Waals surface area contributed by atoms with Crippen LogP contribution in [-0.2, 0) is 0 Å². The smallest absolute Gasteiger partial charge is 0.341 e. The lowest BCUT2D eigenvalue weighted by atomic mass is 10.0. The van der Waals surface area contributed by atoms with Gasteiger partial charge in [0.2, 0.25) is 5.43 Å². The number of aromatic nitrogens is 1. The molecule has 1 saturated heterocycles. The van der Waals surface area contributed by atoms with E-state index in [-0.39, 0.29) is 47.2 Å². The van der Waals surface area contributed by atoms with Crippen LogP contribution in [0.4, 0.5) is 14.5 Å². The van der Waals surface area contributed by atoms with Crippen LogP contribution >= 0.6 is 12.4 Å². The van der Waals surface area contributed by atoms with Crippen LogP contribution < -0.4 is 20.4 Å². The summed E-state index contributed by atoms with van der Waals surface area (Å²) in [4.78, 5) is 26.3. The highest BCUT2D eigenvalue weighted by atomic mass is 35.5. The van der Waals surface area contributed by atoms with Crippen molar-refractivity contribution >= 4 is 35.0 Å². The number of aromatic carboxylic acids is 1. The number of hydrogen-bond acceptors (Lipinski definition) is 5. The SMILES string of the molecule is COc1c(N2CCN[C@@H](c3ccccc3)C2)c(F)cc2c(=O)c(C(=O)O)cn([C@@H]3C[C@@H]3F)c12.Cl. The van der Waals surface area contributed by atoms with E-state index in [4.69, 9.17) is 4.74 Å². The normalized spacial score (nSPS) is 21.7. The van der Waals surface area contributed by atoms with Crippen LogP contribution in [-0.4, -0.2) is 48.6 Å². The van der Waals surface area contributed by atoms with Gasteiger partial charge in [0.05, 0.1) is 24.1 Å². The fourth-order valence-electron chi connectivity index (χ4n) is 4.65. The number of carboxylic acid groups (broad SMARTS) is 1. The Morgan fingerprint density at radius 3 is 2.59 bits per heavy atom. The van der Waals surface area contributed by atoms with Gasteiger partial charge in [-0.05, 0) is 11.6 Å². The van der Waals surface area contributed by atoms with Crippen molar-refractivity contribution in [1.29, 1.82) is 0 Å². The number of methoxy groups -OCH3 is 1. The molecule has 0 spiro atoms. The molecule has 1 aliphatic carbocycles. The second kappa shape index (κ2) is 9.23. The lowest BCUT2D eigenvalue weighted by Crippen LogP contribution is -2.46. The Labute approximate surface area is 200 Å². The summed E-state index contributed by atoms with van der Waals surface area (Å²) in [6.45, 7) is 1.55. The maximum atomic E-state index is 15.5. The molecule has 2 N–H and O–H groups in total. The second-order valence-corrected chi connectivity index (χ2v) is 8.40. The van der Waals surface area contributed by atoms with E-state index in [2.05, 4.69) is 5.32 Å². The van der Waals surface area contributed by atoms with Gasteiger partial charge in [0.25, 0.3) is 0 Å². The summed E-state index contributed by atoms with van der Waals surface area (Å²) < 4.78 is 36.6. The molecule has 2 aliphatic rings. The summed E-state index contributed by atoms with van der Waals surface area (Å²) in [6.07, 6.45) is 0.167. The Kier molecular flexibility index (Phi) is 6.51. The number of nitrogens with one attached hydrogen (secondary N) is 1. The Bertz CT molecular complexity index is 1300. The zero-order chi connectivity index (χ0) is 23.3. The van der Waals surface area contributed by atoms with E-state index in [1.807, 2.05) is 35.2 Å². The Morgan fingerprint density at radius 1 is 1.26 bits per heavy atom. The van der Waals surface area contributed by atoms with E-state index in [1.165, 1.54) is 11.7 Å². The number of hydrogen-bond donors (Lipinski definition) is 2. The summed E-state index contributed by atoms with van der Waals surface area (Å²) >= 11 is 0. The minimum absolute atomic E-state index is 0. The minimum atomic E-state index is -1.44. The molecule has 34 heavy (non-hydrogen) atoms. The van der Waals surface area contributed by atoms with Gasteiger partial charge in [0.1, 0.15) is 17.4 Å². The number of anilines is 1. The number of ether oxygens (including phenoxy) is 1. The zero-order valence-electron chi connectivity index (χ0n) is 18.3. The van der Waals surface area contributed by atoms with Crippen molar-refractivity contribution in [3.63, 3.8) is 0 Å². The Morgan fingerprint density at radius 2 is 1.97 bits per heavy atom. The zero-order valence-corrected chi connectivity index (χ0v) is 19.1. The molecular formula is C24H24ClF2N3O4. The number of carbonyl (C=O) groups is 1. The Hall–Kier alpha value is -3.17. The van der Waals surface area contributed by atoms with Crippen molar-refractivity contribution in [2.45, 2.75) is 24.7 Å². The van der Waals surface area contributed by atoms with Gasteiger partial charge < -0.3 is 24.6 Å². The maximum Gasteiger partial charge on any atom is 0.341 e. The third-order valence-electron chi connectivity index (χ3n) is 6.36. The van der Waals surface area contributed by atoms with Crippen molar-refractivity contribution < 1.29 is 23.4 Å². The first-order valence-corrected chi connectivity index (χ1v) is 10.8. The second-order valence-electron chi connectivity index (χ2n) is 8.40. The molecule has 5 rings (SSSR count). The predicted octanol–water partition coefficient (Wildman–Crippen LogP) is 3.70. The van der Waals surface area contributed by atoms with Gasteiger partial charge in [-0.3, -0.25) is 4.79 Å². The number of benzene rings is 2. The quantitative estimate of drug-likeness (QED) is 0.566. The third kappa shape index (κ3) is 3.99. The van der Waals surface area contributed by atoms with E-state index < -0.39 is 35.0 Å². The van der Waals surface area contributed by atoms with Crippen LogP contribution in [0.2, 0.25) is 0 Å². The lowest BCUT2D eigenvalue weighted by molar-refractivity contribution is 0.0694. The molecule has 3 aromatic rings. The molecule has 10 heteroatoms. The first-order chi connectivity index (χ1) is 15.9. The van der Waals surface area contributed by atoms with Gasteiger partial charge >= 0.3 is 5.97 Å². The highest BCUT2D eigenvalue weighted by molar-refractivity contribution is 5.97. The first-order valence-electron chi connectivity index (χ1n) is 10.8. The molecular weight excluding hydrogens is 468 g/mol. The van der Waals surface area contributed by atoms with Crippen molar-refractivity contribution in [1.82, 2.24) is 9.88 Å². The maximum absolute atomic E-state index is 15.5. The van der Waals surface area contributed by atoms with Crippen LogP contribution in [0.15, 0.2) is 47.4 Å². The molecule has 0 radical (unpaired) electrons. The number of nitrogens with zero attached hydrogens (tertiary/aromatic N) is 2. The summed E-state index contributed by atoms with van der Waals surface area (Å²) in [5.41, 5.74) is 0.102. The molecule has 1 aromatic heterocycles. The molecule has 1 aliphatic heterocycles. The number of rotatable bonds is 5. The molecule has 2 heterocycles. The van der Waals surface area contributed by atoms with Crippen LogP contribution in [0.25, 0.3) is 10.9 Å². The molecule has 180 valence electrons. The van der Waals surface area contributed by atoms with Crippen molar-refractivity contribution in [3.05, 3.63) is 69.8 Å². The fraction of sp³-hybridized carbons (Fsp3) is 0.333. The van der Waals surface area contributed by atoms with E-state index in [9.17, 15) is 19.1 Å². The minimum Gasteiger partial charge on any atom is -0.492 e. The number of carboxylic acids is 1. The lowest BCUT2D eigenvalue weighted by Gasteiger charge is -2.36. The van der Waals surface area contributed by atoms with Gasteiger partial charge in [-0.2, -0.15) is 0 Å². The van der Waals surface area contributed by atoms with Gasteiger partial charge in [-0.1, -0.05) is 30.3 Å². The van der Waals surface area contributed by atoms with Crippen LogP contribution in [0.5, 0.6) is 5.75 Å². The van der Waals surface area contributed by atoms with Crippen molar-refractivity contribution in [2.24, 2.45) is 0 Å². The predicted molar refractivity (Wildman–Crippen MR) is 127 cm³/mol. The van der Waals surface area contributed by atoms with Crippen LogP contribution in [0.1, 0.15) is 34.4 Å². The van der Waals surface area contributed by atoms with E-state index in [0.29, 0.717) is 19.6 Å². The number of pyridine rings is 1. The molecule has 0 bridgehead atoms. The molecule has 2 fully saturated rings. The molecule has 0 unspecified atom stereocenters. The highest BCUT2D eigenvalue weighted by Crippen LogP contribution is 2.45. The molecule has 1 saturated carbocycles. The average molecular weight is 492 g/mol. The van der Waals surface area contributed by atoms with E-state index >= 15 is 4.39 Å². The topological polar surface area (TPSA) is 83.8 Å². The molecule has 2 aromatic carbocycles. The number of piperazine rings is 1. The van der Waals surface area contributed by atoms with Crippen molar-refractivity contribution in [3.8, 4) is 5.75 Å². The fourth-order valence-corrected chi connectivity index (χ4v) is 4.65. The largest absolute Gasteiger partial charge is 0.492 e. The standard InChI is InChI=1S/C24H23F2N3O4.ClH/c1-33-23-20-14(22(30)15(24(31)32)11-29(20)19-10-16(19)25)9-17(26)21(23)28-8-7-27-18(12-28)13-5-3-2-4-6-13;/h2-6,9,11,16,18-19,27H,7-8,10,12H2,1H3,(H,31,32);1H/t16-,18+,19+;/m0./s1. The van der Waals surface area contributed by atoms with Crippen LogP contribution in [0.3, 0.4) is 0 Å². The molecule has 0 amide bonds. The summed E-state index contributed by atoms with van der Waals surface area (Å²) in [5, 5.41) is 12.8. The highest BCUT2D eigenvalue weighted by Gasteiger charge is 2.41. The van der Waals surface area contributed by atoms with E-state index in [1.54, 1.807) is 0 Å². The Balaban J connectivity index is 0.00000274. The third-order valence-corrected chi connectivity index (χ3v) is 6.36. The molecule has 7 nitrogen and oxygen atoms in total. The van der Waals surface area contributed by atoms with Crippen molar-refractivity contribution in [2.75, 3.05) is 31.6 Å². The van der Waals surface area contributed by atoms with Gasteiger partial charge in [-0.25, -0.2) is 13.6 Å². The summed E-state index contributed by atoms with van der Waals surface area (Å²) in [5.74, 6) is -2.03. The number of halogens is 3. The average Bonchev–Trinajstić information content (AvgIpc) is 3.55. The first kappa shape index (κ1) is 24.0. The van der Waals surface area contributed by atoms with Gasteiger partial charge in [-0.15, -0.1) is 12.4 Å². The van der Waals surface area contributed by atoms with Gasteiger partial charge in [0, 0.05) is 38.3 Å². The summed E-state index contributed by atoms with van der Waals surface area (Å²) in [6, 6.07) is 10.2. The van der Waals surface area contributed by atoms with Gasteiger partial charge in [0.15, 0.2) is 11.6 Å². The van der Waals surface area contributed by atoms with Crippen LogP contribution in [0, 0.1) is 5.82 Å². The number of fused-ring (bicyclic) bond motifs is 1.